The molecule has 0 unspecified atom stereocenters. The molecule has 15 heavy (non-hydrogen) atoms. The predicted molar refractivity (Wildman–Crippen MR) is 54.6 cm³/mol. The van der Waals surface area contributed by atoms with Crippen LogP contribution in [0, 0.1) is 5.82 Å². The number of fused-ring (bicyclic) bond motifs is 1. The number of rotatable bonds is 2. The molecule has 0 atom stereocenters. The Hall–Kier alpha value is -1.07. The van der Waals surface area contributed by atoms with Gasteiger partial charge in [-0.3, -0.25) is 0 Å². The molecule has 1 aromatic carbocycles. The number of halogens is 2. The average Bonchev–Trinajstić information content (AvgIpc) is 2.56. The Kier molecular flexibility index (Phi) is 2.44. The van der Waals surface area contributed by atoms with Crippen LogP contribution in [0.25, 0.3) is 11.0 Å². The van der Waals surface area contributed by atoms with Crippen molar-refractivity contribution in [2.75, 3.05) is 0 Å². The van der Waals surface area contributed by atoms with Crippen molar-refractivity contribution in [1.82, 2.24) is 0 Å². The van der Waals surface area contributed by atoms with Crippen LogP contribution in [-0.2, 0) is 14.8 Å². The van der Waals surface area contributed by atoms with Gasteiger partial charge in [0, 0.05) is 16.2 Å². The second kappa shape index (κ2) is 3.50. The van der Waals surface area contributed by atoms with Gasteiger partial charge in [0.25, 0.3) is 0 Å². The topological polar surface area (TPSA) is 47.3 Å². The summed E-state index contributed by atoms with van der Waals surface area (Å²) in [6, 6.07) is 4.30. The fraction of sp³-hybridized carbons (Fsp3) is 0.111. The summed E-state index contributed by atoms with van der Waals surface area (Å²) in [6.07, 6.45) is 1.34. The highest BCUT2D eigenvalue weighted by molar-refractivity contribution is 8.13. The van der Waals surface area contributed by atoms with Gasteiger partial charge >= 0.3 is 0 Å². The molecule has 0 fully saturated rings. The molecule has 80 valence electrons. The van der Waals surface area contributed by atoms with E-state index in [0.717, 1.165) is 0 Å². The predicted octanol–water partition coefficient (Wildman–Crippen LogP) is 2.64. The fourth-order valence-corrected chi connectivity index (χ4v) is 2.30. The van der Waals surface area contributed by atoms with Gasteiger partial charge in [-0.05, 0) is 12.1 Å². The molecule has 0 N–H and O–H groups in total. The van der Waals surface area contributed by atoms with Gasteiger partial charge in [-0.2, -0.15) is 0 Å². The van der Waals surface area contributed by atoms with E-state index >= 15 is 0 Å². The third-order valence-electron chi connectivity index (χ3n) is 1.98. The molecule has 2 aromatic rings. The first-order valence-electron chi connectivity index (χ1n) is 4.04. The highest BCUT2D eigenvalue weighted by atomic mass is 35.7. The van der Waals surface area contributed by atoms with E-state index in [2.05, 4.69) is 0 Å². The highest BCUT2D eigenvalue weighted by Crippen LogP contribution is 2.23. The molecule has 0 bridgehead atoms. The molecule has 3 nitrogen and oxygen atoms in total. The lowest BCUT2D eigenvalue weighted by Gasteiger charge is -2.00. The van der Waals surface area contributed by atoms with E-state index in [9.17, 15) is 12.8 Å². The summed E-state index contributed by atoms with van der Waals surface area (Å²) >= 11 is 0. The van der Waals surface area contributed by atoms with Crippen LogP contribution < -0.4 is 0 Å². The minimum atomic E-state index is -3.75. The normalized spacial score (nSPS) is 12.1. The van der Waals surface area contributed by atoms with Gasteiger partial charge in [0.1, 0.15) is 11.4 Å². The number of hydrogen-bond acceptors (Lipinski definition) is 3. The van der Waals surface area contributed by atoms with Crippen LogP contribution in [0.4, 0.5) is 4.39 Å². The zero-order valence-electron chi connectivity index (χ0n) is 7.41. The molecular formula is C9H6ClFO3S. The van der Waals surface area contributed by atoms with E-state index in [0.29, 0.717) is 5.58 Å². The average molecular weight is 249 g/mol. The summed E-state index contributed by atoms with van der Waals surface area (Å²) in [5, 5.41) is 0.257. The van der Waals surface area contributed by atoms with Crippen LogP contribution in [0.1, 0.15) is 5.56 Å². The van der Waals surface area contributed by atoms with Crippen molar-refractivity contribution in [3.05, 3.63) is 35.8 Å². The second-order valence-electron chi connectivity index (χ2n) is 3.05. The molecule has 0 saturated carbocycles. The quantitative estimate of drug-likeness (QED) is 0.768. The van der Waals surface area contributed by atoms with Crippen molar-refractivity contribution < 1.29 is 17.2 Å². The summed E-state index contributed by atoms with van der Waals surface area (Å²) in [5.41, 5.74) is 0.419. The Morgan fingerprint density at radius 3 is 2.73 bits per heavy atom. The van der Waals surface area contributed by atoms with E-state index in [1.54, 1.807) is 0 Å². The van der Waals surface area contributed by atoms with Gasteiger partial charge in [0.2, 0.25) is 9.05 Å². The number of hydrogen-bond donors (Lipinski definition) is 0. The molecule has 6 heteroatoms. The Balaban J connectivity index is 2.58. The van der Waals surface area contributed by atoms with Crippen LogP contribution in [-0.4, -0.2) is 8.42 Å². The minimum absolute atomic E-state index is 0.0406. The van der Waals surface area contributed by atoms with Gasteiger partial charge in [-0.25, -0.2) is 12.8 Å². The molecule has 0 saturated heterocycles. The Morgan fingerprint density at radius 2 is 2.07 bits per heavy atom. The van der Waals surface area contributed by atoms with E-state index < -0.39 is 20.6 Å². The molecule has 2 rings (SSSR count). The summed E-state index contributed by atoms with van der Waals surface area (Å²) in [5.74, 6) is -1.13. The van der Waals surface area contributed by atoms with Gasteiger partial charge in [0.05, 0.1) is 17.4 Å². The van der Waals surface area contributed by atoms with Gasteiger partial charge in [0.15, 0.2) is 0 Å². The van der Waals surface area contributed by atoms with E-state index in [-0.39, 0.29) is 10.9 Å². The van der Waals surface area contributed by atoms with Crippen molar-refractivity contribution in [3.8, 4) is 0 Å². The molecule has 0 radical (unpaired) electrons. The lowest BCUT2D eigenvalue weighted by Crippen LogP contribution is -1.98. The Bertz CT molecular complexity index is 603. The first-order chi connectivity index (χ1) is 6.97. The Labute approximate surface area is 89.9 Å². The molecular weight excluding hydrogens is 243 g/mol. The largest absolute Gasteiger partial charge is 0.464 e. The van der Waals surface area contributed by atoms with E-state index in [1.165, 1.54) is 24.5 Å². The van der Waals surface area contributed by atoms with Crippen LogP contribution in [0.3, 0.4) is 0 Å². The monoisotopic (exact) mass is 248 g/mol. The Morgan fingerprint density at radius 1 is 1.33 bits per heavy atom. The standard InChI is InChI=1S/C9H6ClFO3S/c10-15(12,13)5-6-1-2-8-7(9(6)11)3-4-14-8/h1-4H,5H2. The molecule has 0 amide bonds. The van der Waals surface area contributed by atoms with Crippen molar-refractivity contribution in [3.63, 3.8) is 0 Å². The van der Waals surface area contributed by atoms with Crippen molar-refractivity contribution in [1.29, 1.82) is 0 Å². The molecule has 1 heterocycles. The first-order valence-corrected chi connectivity index (χ1v) is 6.52. The summed E-state index contributed by atoms with van der Waals surface area (Å²) in [7, 11) is 1.30. The zero-order valence-corrected chi connectivity index (χ0v) is 8.98. The van der Waals surface area contributed by atoms with E-state index in [1.807, 2.05) is 0 Å². The maximum absolute atomic E-state index is 13.6. The first kappa shape index (κ1) is 10.4. The van der Waals surface area contributed by atoms with Crippen molar-refractivity contribution in [2.45, 2.75) is 5.75 Å². The SMILES string of the molecule is O=S(=O)(Cl)Cc1ccc2occc2c1F. The van der Waals surface area contributed by atoms with Crippen LogP contribution in [0.5, 0.6) is 0 Å². The second-order valence-corrected chi connectivity index (χ2v) is 5.83. The lowest BCUT2D eigenvalue weighted by atomic mass is 10.2. The van der Waals surface area contributed by atoms with Gasteiger partial charge in [-0.1, -0.05) is 6.07 Å². The maximum Gasteiger partial charge on any atom is 0.236 e. The lowest BCUT2D eigenvalue weighted by molar-refractivity contribution is 0.597. The third-order valence-corrected chi connectivity index (χ3v) is 2.96. The molecule has 0 aliphatic rings. The van der Waals surface area contributed by atoms with Gasteiger partial charge < -0.3 is 4.42 Å². The van der Waals surface area contributed by atoms with Crippen molar-refractivity contribution in [2.24, 2.45) is 0 Å². The van der Waals surface area contributed by atoms with Gasteiger partial charge in [-0.15, -0.1) is 0 Å². The number of furan rings is 1. The van der Waals surface area contributed by atoms with Crippen LogP contribution in [0.15, 0.2) is 28.9 Å². The maximum atomic E-state index is 13.6. The van der Waals surface area contributed by atoms with E-state index in [4.69, 9.17) is 15.1 Å². The summed E-state index contributed by atoms with van der Waals surface area (Å²) < 4.78 is 40.2. The molecule has 0 spiro atoms. The minimum Gasteiger partial charge on any atom is -0.464 e. The third kappa shape index (κ3) is 2.13. The summed E-state index contributed by atoms with van der Waals surface area (Å²) in [6.45, 7) is 0. The van der Waals surface area contributed by atoms with Crippen molar-refractivity contribution >= 4 is 30.7 Å². The molecule has 0 aliphatic heterocycles. The molecule has 0 aliphatic carbocycles. The van der Waals surface area contributed by atoms with Crippen LogP contribution in [0.2, 0.25) is 0 Å². The smallest absolute Gasteiger partial charge is 0.236 e. The summed E-state index contributed by atoms with van der Waals surface area (Å²) in [4.78, 5) is 0. The number of benzene rings is 1. The highest BCUT2D eigenvalue weighted by Gasteiger charge is 2.14. The molecule has 1 aromatic heterocycles. The van der Waals surface area contributed by atoms with Crippen LogP contribution >= 0.6 is 10.7 Å². The fourth-order valence-electron chi connectivity index (χ4n) is 1.35. The zero-order chi connectivity index (χ0) is 11.1.